The summed E-state index contributed by atoms with van der Waals surface area (Å²) >= 11 is 15.8. The van der Waals surface area contributed by atoms with Crippen LogP contribution in [0.2, 0.25) is 10.0 Å². The lowest BCUT2D eigenvalue weighted by molar-refractivity contribution is -0.139. The summed E-state index contributed by atoms with van der Waals surface area (Å²) in [6, 6.07) is 15.1. The Hall–Kier alpha value is -2.79. The number of sulfonamides is 1. The molecule has 8 nitrogen and oxygen atoms in total. The second-order valence-electron chi connectivity index (χ2n) is 9.37. The van der Waals surface area contributed by atoms with Crippen molar-refractivity contribution in [3.8, 4) is 5.75 Å². The molecule has 0 unspecified atom stereocenters. The molecule has 0 saturated heterocycles. The third-order valence-electron chi connectivity index (χ3n) is 6.38. The van der Waals surface area contributed by atoms with Crippen molar-refractivity contribution in [2.24, 2.45) is 0 Å². The number of nitrogens with one attached hydrogen (secondary N) is 1. The first kappa shape index (κ1) is 32.7. The molecule has 1 N–H and O–H groups in total. The number of anilines is 1. The van der Waals surface area contributed by atoms with Gasteiger partial charge >= 0.3 is 0 Å². The lowest BCUT2D eigenvalue weighted by Crippen LogP contribution is -2.51. The van der Waals surface area contributed by atoms with Gasteiger partial charge in [-0.25, -0.2) is 8.42 Å². The Balaban J connectivity index is 2.06. The van der Waals surface area contributed by atoms with Gasteiger partial charge in [0.1, 0.15) is 18.3 Å². The SMILES string of the molecule is CCCNC(=O)[C@@H](C)N(Cc1ccc(Cl)cc1Cl)C(=O)CN(c1ccc(C)cc1)S(=O)(=O)c1ccc(OC)c(Br)c1. The first-order valence-electron chi connectivity index (χ1n) is 12.8. The van der Waals surface area contributed by atoms with Crippen LogP contribution >= 0.6 is 39.1 Å². The zero-order chi connectivity index (χ0) is 30.3. The van der Waals surface area contributed by atoms with Crippen molar-refractivity contribution < 1.29 is 22.7 Å². The van der Waals surface area contributed by atoms with E-state index in [0.29, 0.717) is 44.5 Å². The molecule has 0 spiro atoms. The summed E-state index contributed by atoms with van der Waals surface area (Å²) in [6.45, 7) is 5.23. The van der Waals surface area contributed by atoms with Gasteiger partial charge in [-0.1, -0.05) is 53.9 Å². The molecular formula is C29H32BrCl2N3O5S. The summed E-state index contributed by atoms with van der Waals surface area (Å²) in [5, 5.41) is 3.55. The molecule has 3 aromatic rings. The number of rotatable bonds is 12. The van der Waals surface area contributed by atoms with Gasteiger partial charge in [0.25, 0.3) is 10.0 Å². The summed E-state index contributed by atoms with van der Waals surface area (Å²) in [5.41, 5.74) is 1.77. The van der Waals surface area contributed by atoms with E-state index in [2.05, 4.69) is 21.2 Å². The fraction of sp³-hybridized carbons (Fsp3) is 0.310. The number of methoxy groups -OCH3 is 1. The van der Waals surface area contributed by atoms with E-state index < -0.39 is 28.5 Å². The van der Waals surface area contributed by atoms with Gasteiger partial charge in [-0.2, -0.15) is 0 Å². The number of hydrogen-bond donors (Lipinski definition) is 1. The Morgan fingerprint density at radius 3 is 2.32 bits per heavy atom. The van der Waals surface area contributed by atoms with Crippen LogP contribution in [-0.4, -0.2) is 51.4 Å². The number of hydrogen-bond acceptors (Lipinski definition) is 5. The number of carbonyl (C=O) groups is 2. The molecule has 0 aliphatic heterocycles. The number of amides is 2. The van der Waals surface area contributed by atoms with Crippen LogP contribution in [0.25, 0.3) is 0 Å². The molecule has 1 atom stereocenters. The topological polar surface area (TPSA) is 96.0 Å². The molecule has 0 heterocycles. The first-order valence-corrected chi connectivity index (χ1v) is 15.8. The smallest absolute Gasteiger partial charge is 0.264 e. The fourth-order valence-electron chi connectivity index (χ4n) is 3.99. The van der Waals surface area contributed by atoms with E-state index in [-0.39, 0.29) is 17.3 Å². The van der Waals surface area contributed by atoms with Crippen molar-refractivity contribution in [3.05, 3.63) is 86.3 Å². The number of ether oxygens (including phenoxy) is 1. The van der Waals surface area contributed by atoms with Crippen LogP contribution in [0.5, 0.6) is 5.75 Å². The highest BCUT2D eigenvalue weighted by atomic mass is 79.9. The summed E-state index contributed by atoms with van der Waals surface area (Å²) in [4.78, 5) is 28.2. The van der Waals surface area contributed by atoms with Crippen LogP contribution in [0, 0.1) is 6.92 Å². The van der Waals surface area contributed by atoms with Gasteiger partial charge in [-0.3, -0.25) is 13.9 Å². The number of nitrogens with zero attached hydrogens (tertiary/aromatic N) is 2. The molecule has 0 aliphatic rings. The monoisotopic (exact) mass is 683 g/mol. The zero-order valence-corrected chi connectivity index (χ0v) is 27.1. The van der Waals surface area contributed by atoms with E-state index in [1.54, 1.807) is 49.4 Å². The first-order chi connectivity index (χ1) is 19.4. The van der Waals surface area contributed by atoms with E-state index in [9.17, 15) is 18.0 Å². The van der Waals surface area contributed by atoms with Gasteiger partial charge in [-0.05, 0) is 84.2 Å². The Morgan fingerprint density at radius 1 is 1.05 bits per heavy atom. The molecule has 0 bridgehead atoms. The van der Waals surface area contributed by atoms with Crippen LogP contribution in [-0.2, 0) is 26.2 Å². The standard InChI is InChI=1S/C29H32BrCl2N3O5S/c1-5-14-33-29(37)20(3)34(17-21-8-9-22(31)15-26(21)32)28(36)18-35(23-10-6-19(2)7-11-23)41(38,39)24-12-13-27(40-4)25(30)16-24/h6-13,15-16,20H,5,14,17-18H2,1-4H3,(H,33,37)/t20-/m1/s1. The highest BCUT2D eigenvalue weighted by Crippen LogP contribution is 2.31. The maximum Gasteiger partial charge on any atom is 0.264 e. The Bertz CT molecular complexity index is 1500. The van der Waals surface area contributed by atoms with Gasteiger partial charge < -0.3 is 15.0 Å². The normalized spacial score (nSPS) is 12.0. The fourth-order valence-corrected chi connectivity index (χ4v) is 6.59. The zero-order valence-electron chi connectivity index (χ0n) is 23.2. The molecule has 0 fully saturated rings. The molecule has 0 aromatic heterocycles. The summed E-state index contributed by atoms with van der Waals surface area (Å²) < 4.78 is 34.7. The largest absolute Gasteiger partial charge is 0.496 e. The second-order valence-corrected chi connectivity index (χ2v) is 12.9. The minimum atomic E-state index is -4.23. The van der Waals surface area contributed by atoms with Crippen LogP contribution in [0.4, 0.5) is 5.69 Å². The maximum atomic E-state index is 14.0. The third-order valence-corrected chi connectivity index (χ3v) is 9.36. The average molecular weight is 685 g/mol. The Kier molecular flexibility index (Phi) is 11.5. The third kappa shape index (κ3) is 8.16. The number of aryl methyl sites for hydroxylation is 1. The Labute approximate surface area is 259 Å². The van der Waals surface area contributed by atoms with Crippen molar-refractivity contribution in [3.63, 3.8) is 0 Å². The van der Waals surface area contributed by atoms with Gasteiger partial charge in [0.15, 0.2) is 0 Å². The van der Waals surface area contributed by atoms with E-state index in [0.717, 1.165) is 9.87 Å². The molecular weight excluding hydrogens is 653 g/mol. The van der Waals surface area contributed by atoms with Crippen LogP contribution in [0.1, 0.15) is 31.4 Å². The highest BCUT2D eigenvalue weighted by molar-refractivity contribution is 9.10. The maximum absolute atomic E-state index is 14.0. The molecule has 220 valence electrons. The predicted molar refractivity (Wildman–Crippen MR) is 166 cm³/mol. The van der Waals surface area contributed by atoms with E-state index >= 15 is 0 Å². The predicted octanol–water partition coefficient (Wildman–Crippen LogP) is 6.21. The molecule has 2 amide bonds. The van der Waals surface area contributed by atoms with Crippen molar-refractivity contribution in [2.75, 3.05) is 24.5 Å². The van der Waals surface area contributed by atoms with Gasteiger partial charge in [0.05, 0.1) is 22.2 Å². The average Bonchev–Trinajstić information content (AvgIpc) is 2.94. The molecule has 0 saturated carbocycles. The van der Waals surface area contributed by atoms with Crippen LogP contribution < -0.4 is 14.4 Å². The summed E-state index contributed by atoms with van der Waals surface area (Å²) in [7, 11) is -2.76. The van der Waals surface area contributed by atoms with Crippen molar-refractivity contribution in [1.82, 2.24) is 10.2 Å². The number of carbonyl (C=O) groups excluding carboxylic acids is 2. The van der Waals surface area contributed by atoms with E-state index in [1.165, 1.54) is 30.2 Å². The lowest BCUT2D eigenvalue weighted by Gasteiger charge is -2.32. The number of benzene rings is 3. The lowest BCUT2D eigenvalue weighted by atomic mass is 10.1. The van der Waals surface area contributed by atoms with E-state index in [1.807, 2.05) is 13.8 Å². The number of halogens is 3. The summed E-state index contributed by atoms with van der Waals surface area (Å²) in [6.07, 6.45) is 0.715. The molecule has 41 heavy (non-hydrogen) atoms. The molecule has 3 rings (SSSR count). The molecule has 0 aliphatic carbocycles. The van der Waals surface area contributed by atoms with Crippen molar-refractivity contribution in [1.29, 1.82) is 0 Å². The highest BCUT2D eigenvalue weighted by Gasteiger charge is 2.33. The minimum absolute atomic E-state index is 0.0363. The van der Waals surface area contributed by atoms with Gasteiger partial charge in [0.2, 0.25) is 11.8 Å². The quantitative estimate of drug-likeness (QED) is 0.245. The van der Waals surface area contributed by atoms with Crippen molar-refractivity contribution >= 4 is 66.7 Å². The Morgan fingerprint density at radius 2 is 1.73 bits per heavy atom. The minimum Gasteiger partial charge on any atom is -0.496 e. The van der Waals surface area contributed by atoms with Gasteiger partial charge in [0, 0.05) is 23.1 Å². The van der Waals surface area contributed by atoms with Crippen molar-refractivity contribution in [2.45, 2.75) is 44.7 Å². The second kappa shape index (κ2) is 14.4. The molecule has 3 aromatic carbocycles. The van der Waals surface area contributed by atoms with Crippen LogP contribution in [0.15, 0.2) is 70.0 Å². The molecule has 12 heteroatoms. The van der Waals surface area contributed by atoms with E-state index in [4.69, 9.17) is 27.9 Å². The summed E-state index contributed by atoms with van der Waals surface area (Å²) in [5.74, 6) is -0.499. The van der Waals surface area contributed by atoms with Crippen LogP contribution in [0.3, 0.4) is 0 Å². The van der Waals surface area contributed by atoms with Gasteiger partial charge in [-0.15, -0.1) is 0 Å². The molecule has 0 radical (unpaired) electrons.